The second-order valence-corrected chi connectivity index (χ2v) is 8.40. The molecule has 162 valence electrons. The van der Waals surface area contributed by atoms with Gasteiger partial charge in [-0.05, 0) is 47.9 Å². The lowest BCUT2D eigenvalue weighted by molar-refractivity contribution is -0.130. The van der Waals surface area contributed by atoms with Crippen LogP contribution in [0.1, 0.15) is 27.9 Å². The van der Waals surface area contributed by atoms with E-state index in [0.29, 0.717) is 31.7 Å². The van der Waals surface area contributed by atoms with Crippen LogP contribution in [0, 0.1) is 5.82 Å². The minimum Gasteiger partial charge on any atom is -0.367 e. The lowest BCUT2D eigenvalue weighted by atomic mass is 9.80. The summed E-state index contributed by atoms with van der Waals surface area (Å²) in [7, 11) is 0. The summed E-state index contributed by atoms with van der Waals surface area (Å²) in [5, 5.41) is 2.96. The van der Waals surface area contributed by atoms with E-state index in [1.54, 1.807) is 4.90 Å². The van der Waals surface area contributed by atoms with Crippen LogP contribution in [0.4, 0.5) is 10.1 Å². The molecular weight excluding hydrogens is 407 g/mol. The van der Waals surface area contributed by atoms with Crippen molar-refractivity contribution in [1.82, 2.24) is 5.32 Å². The Morgan fingerprint density at radius 2 is 1.72 bits per heavy atom. The average molecular weight is 430 g/mol. The number of ether oxygens (including phenoxy) is 1. The van der Waals surface area contributed by atoms with Gasteiger partial charge >= 0.3 is 0 Å². The summed E-state index contributed by atoms with van der Waals surface area (Å²) in [6.07, 6.45) is -0.0784. The number of hydrogen-bond donors (Lipinski definition) is 1. The van der Waals surface area contributed by atoms with Crippen LogP contribution in [0.25, 0.3) is 0 Å². The van der Waals surface area contributed by atoms with E-state index in [0.717, 1.165) is 16.8 Å². The molecule has 0 bridgehead atoms. The zero-order chi connectivity index (χ0) is 22.1. The van der Waals surface area contributed by atoms with E-state index in [1.165, 1.54) is 24.3 Å². The highest BCUT2D eigenvalue weighted by atomic mass is 19.1. The summed E-state index contributed by atoms with van der Waals surface area (Å²) in [6.45, 7) is 1.23. The number of nitrogens with one attached hydrogen (secondary N) is 1. The molecule has 0 aliphatic carbocycles. The molecule has 0 saturated carbocycles. The molecule has 2 atom stereocenters. The number of fused-ring (bicyclic) bond motifs is 2. The second-order valence-electron chi connectivity index (χ2n) is 8.40. The monoisotopic (exact) mass is 430 g/mol. The Morgan fingerprint density at radius 3 is 2.50 bits per heavy atom. The van der Waals surface area contributed by atoms with E-state index in [9.17, 15) is 14.0 Å². The van der Waals surface area contributed by atoms with Crippen LogP contribution >= 0.6 is 0 Å². The van der Waals surface area contributed by atoms with E-state index in [-0.39, 0.29) is 17.6 Å². The maximum Gasteiger partial charge on any atom is 0.258 e. The molecule has 3 aromatic carbocycles. The summed E-state index contributed by atoms with van der Waals surface area (Å²) in [5.41, 5.74) is 2.83. The number of para-hydroxylation sites is 1. The number of nitrogens with zero attached hydrogens (tertiary/aromatic N) is 1. The largest absolute Gasteiger partial charge is 0.367 e. The molecule has 32 heavy (non-hydrogen) atoms. The number of carbonyl (C=O) groups is 2. The van der Waals surface area contributed by atoms with E-state index in [4.69, 9.17) is 4.74 Å². The van der Waals surface area contributed by atoms with Crippen molar-refractivity contribution in [3.63, 3.8) is 0 Å². The fraction of sp³-hybridized carbons (Fsp3) is 0.231. The first-order valence-corrected chi connectivity index (χ1v) is 10.7. The third-order valence-corrected chi connectivity index (χ3v) is 6.30. The molecule has 1 N–H and O–H groups in total. The van der Waals surface area contributed by atoms with Gasteiger partial charge in [-0.3, -0.25) is 9.59 Å². The Hall–Kier alpha value is -3.51. The van der Waals surface area contributed by atoms with Gasteiger partial charge in [0.1, 0.15) is 11.9 Å². The molecule has 2 aliphatic heterocycles. The fourth-order valence-electron chi connectivity index (χ4n) is 4.66. The summed E-state index contributed by atoms with van der Waals surface area (Å²) in [4.78, 5) is 27.7. The maximum absolute atomic E-state index is 13.3. The highest BCUT2D eigenvalue weighted by molar-refractivity contribution is 6.07. The number of rotatable bonds is 4. The van der Waals surface area contributed by atoms with Gasteiger partial charge < -0.3 is 15.0 Å². The van der Waals surface area contributed by atoms with Crippen molar-refractivity contribution in [3.05, 3.63) is 101 Å². The maximum atomic E-state index is 13.3. The van der Waals surface area contributed by atoms with Gasteiger partial charge in [-0.15, -0.1) is 0 Å². The van der Waals surface area contributed by atoms with Crippen molar-refractivity contribution >= 4 is 17.5 Å². The van der Waals surface area contributed by atoms with Crippen molar-refractivity contribution in [1.29, 1.82) is 0 Å². The second kappa shape index (κ2) is 8.20. The molecule has 0 unspecified atom stereocenters. The highest BCUT2D eigenvalue weighted by Crippen LogP contribution is 2.47. The van der Waals surface area contributed by atoms with Crippen molar-refractivity contribution < 1.29 is 18.7 Å². The highest BCUT2D eigenvalue weighted by Gasteiger charge is 2.51. The van der Waals surface area contributed by atoms with Gasteiger partial charge in [0.05, 0.1) is 6.61 Å². The van der Waals surface area contributed by atoms with Crippen LogP contribution in [0.5, 0.6) is 0 Å². The molecule has 2 aliphatic rings. The fourth-order valence-corrected chi connectivity index (χ4v) is 4.66. The summed E-state index contributed by atoms with van der Waals surface area (Å²) >= 11 is 0. The minimum atomic E-state index is -0.576. The van der Waals surface area contributed by atoms with E-state index in [1.807, 2.05) is 54.6 Å². The number of benzene rings is 3. The van der Waals surface area contributed by atoms with Gasteiger partial charge in [0.15, 0.2) is 0 Å². The molecular formula is C26H23FN2O3. The van der Waals surface area contributed by atoms with Gasteiger partial charge in [-0.25, -0.2) is 4.39 Å². The molecule has 5 nitrogen and oxygen atoms in total. The van der Waals surface area contributed by atoms with Crippen molar-refractivity contribution in [2.45, 2.75) is 24.5 Å². The summed E-state index contributed by atoms with van der Waals surface area (Å²) in [5.74, 6) is -0.716. The summed E-state index contributed by atoms with van der Waals surface area (Å²) in [6, 6.07) is 23.0. The quantitative estimate of drug-likeness (QED) is 0.685. The van der Waals surface area contributed by atoms with Crippen molar-refractivity contribution in [3.8, 4) is 0 Å². The molecule has 6 heteroatoms. The van der Waals surface area contributed by atoms with E-state index in [2.05, 4.69) is 5.32 Å². The predicted octanol–water partition coefficient (Wildman–Crippen LogP) is 3.83. The van der Waals surface area contributed by atoms with Crippen LogP contribution in [-0.2, 0) is 21.5 Å². The first kappa shape index (κ1) is 20.4. The van der Waals surface area contributed by atoms with Gasteiger partial charge in [-0.1, -0.05) is 48.5 Å². The first-order valence-electron chi connectivity index (χ1n) is 10.7. The molecule has 2 heterocycles. The molecule has 2 amide bonds. The SMILES string of the molecule is O=C(NCc1ccccc1)[C@@H]1C[C@@]2(CO1)CN(C(=O)c1ccc(F)cc1)c1ccccc12. The molecule has 1 fully saturated rings. The van der Waals surface area contributed by atoms with Crippen molar-refractivity contribution in [2.24, 2.45) is 0 Å². The van der Waals surface area contributed by atoms with Crippen LogP contribution in [-0.4, -0.2) is 31.1 Å². The molecule has 5 rings (SSSR count). The Bertz CT molecular complexity index is 1150. The Balaban J connectivity index is 1.34. The Labute approximate surface area is 185 Å². The molecule has 0 aromatic heterocycles. The number of amides is 2. The van der Waals surface area contributed by atoms with Gasteiger partial charge in [0.25, 0.3) is 5.91 Å². The van der Waals surface area contributed by atoms with Crippen molar-refractivity contribution in [2.75, 3.05) is 18.1 Å². The van der Waals surface area contributed by atoms with Gasteiger partial charge in [0, 0.05) is 29.8 Å². The predicted molar refractivity (Wildman–Crippen MR) is 119 cm³/mol. The molecule has 1 spiro atoms. The molecule has 1 saturated heterocycles. The number of anilines is 1. The van der Waals surface area contributed by atoms with E-state index >= 15 is 0 Å². The lowest BCUT2D eigenvalue weighted by Gasteiger charge is -2.23. The zero-order valence-corrected chi connectivity index (χ0v) is 17.5. The minimum absolute atomic E-state index is 0.147. The smallest absolute Gasteiger partial charge is 0.258 e. The number of hydrogen-bond acceptors (Lipinski definition) is 3. The van der Waals surface area contributed by atoms with Gasteiger partial charge in [0.2, 0.25) is 5.91 Å². The average Bonchev–Trinajstić information content (AvgIpc) is 3.41. The molecule has 3 aromatic rings. The number of halogens is 1. The van der Waals surface area contributed by atoms with Crippen LogP contribution in [0.15, 0.2) is 78.9 Å². The molecule has 0 radical (unpaired) electrons. The Kier molecular flexibility index (Phi) is 5.23. The summed E-state index contributed by atoms with van der Waals surface area (Å²) < 4.78 is 19.3. The standard InChI is InChI=1S/C26H23FN2O3/c27-20-12-10-19(11-13-20)25(31)29-16-26(21-8-4-5-9-22(21)29)14-23(32-17-26)24(30)28-15-18-6-2-1-3-7-18/h1-13,23H,14-17H2,(H,28,30)/t23-,26-/m0/s1. The number of carbonyl (C=O) groups excluding carboxylic acids is 2. The normalized spacial score (nSPS) is 21.5. The third kappa shape index (κ3) is 3.67. The van der Waals surface area contributed by atoms with Crippen LogP contribution in [0.3, 0.4) is 0 Å². The van der Waals surface area contributed by atoms with Gasteiger partial charge in [-0.2, -0.15) is 0 Å². The van der Waals surface area contributed by atoms with Crippen LogP contribution in [0.2, 0.25) is 0 Å². The zero-order valence-electron chi connectivity index (χ0n) is 17.5. The Morgan fingerprint density at radius 1 is 1.00 bits per heavy atom. The lowest BCUT2D eigenvalue weighted by Crippen LogP contribution is -2.39. The van der Waals surface area contributed by atoms with E-state index < -0.39 is 11.5 Å². The van der Waals surface area contributed by atoms with Crippen LogP contribution < -0.4 is 10.2 Å². The third-order valence-electron chi connectivity index (χ3n) is 6.30. The topological polar surface area (TPSA) is 58.6 Å². The first-order chi connectivity index (χ1) is 15.6.